The van der Waals surface area contributed by atoms with Gasteiger partial charge in [-0.2, -0.15) is 4.99 Å². The van der Waals surface area contributed by atoms with Gasteiger partial charge < -0.3 is 14.8 Å². The molecule has 7 nitrogen and oxygen atoms in total. The smallest absolute Gasteiger partial charge is 0.337 e. The van der Waals surface area contributed by atoms with Crippen LogP contribution in [0.4, 0.5) is 0 Å². The Hall–Kier alpha value is -2.84. The number of aliphatic imine (C=N–C) groups is 1. The van der Waals surface area contributed by atoms with Crippen molar-refractivity contribution in [3.63, 3.8) is 0 Å². The minimum Gasteiger partial charge on any atom is -0.478 e. The highest BCUT2D eigenvalue weighted by atomic mass is 35.5. The van der Waals surface area contributed by atoms with Gasteiger partial charge in [0.05, 0.1) is 15.5 Å². The normalized spacial score (nSPS) is 15.2. The summed E-state index contributed by atoms with van der Waals surface area (Å²) in [5, 5.41) is 11.9. The summed E-state index contributed by atoms with van der Waals surface area (Å²) in [7, 11) is 0. The first-order valence-corrected chi connectivity index (χ1v) is 8.46. The number of nitrogens with zero attached hydrogens (tertiary/aromatic N) is 1. The molecule has 2 N–H and O–H groups in total. The Morgan fingerprint density at radius 2 is 2.08 bits per heavy atom. The third-order valence-corrected chi connectivity index (χ3v) is 4.51. The number of rotatable bonds is 3. The van der Waals surface area contributed by atoms with Crippen LogP contribution in [0.5, 0.6) is 0 Å². The zero-order valence-electron chi connectivity index (χ0n) is 13.3. The molecule has 9 heteroatoms. The van der Waals surface area contributed by atoms with Gasteiger partial charge in [-0.3, -0.25) is 9.59 Å². The van der Waals surface area contributed by atoms with Crippen molar-refractivity contribution in [1.29, 1.82) is 0 Å². The van der Waals surface area contributed by atoms with Crippen LogP contribution in [0.1, 0.15) is 23.0 Å². The van der Waals surface area contributed by atoms with Crippen molar-refractivity contribution in [2.75, 3.05) is 0 Å². The second kappa shape index (κ2) is 7.19. The fourth-order valence-corrected chi connectivity index (χ4v) is 3.21. The summed E-state index contributed by atoms with van der Waals surface area (Å²) in [6, 6.07) is 7.82. The number of aromatic carboxylic acids is 1. The zero-order chi connectivity index (χ0) is 18.8. The van der Waals surface area contributed by atoms with E-state index in [0.717, 1.165) is 11.8 Å². The minimum atomic E-state index is -1.14. The lowest BCUT2D eigenvalue weighted by Gasteiger charge is -2.02. The molecule has 0 bridgehead atoms. The summed E-state index contributed by atoms with van der Waals surface area (Å²) >= 11 is 6.89. The predicted octanol–water partition coefficient (Wildman–Crippen LogP) is 3.40. The van der Waals surface area contributed by atoms with E-state index >= 15 is 0 Å². The molecule has 0 fully saturated rings. The van der Waals surface area contributed by atoms with E-state index in [-0.39, 0.29) is 21.7 Å². The van der Waals surface area contributed by atoms with E-state index in [2.05, 4.69) is 10.3 Å². The second-order valence-electron chi connectivity index (χ2n) is 5.22. The quantitative estimate of drug-likeness (QED) is 0.777. The van der Waals surface area contributed by atoms with E-state index in [1.807, 2.05) is 0 Å². The average Bonchev–Trinajstić information content (AvgIpc) is 3.14. The fraction of sp³-hybridized carbons (Fsp3) is 0.0588. The van der Waals surface area contributed by atoms with E-state index in [1.54, 1.807) is 18.2 Å². The fourth-order valence-electron chi connectivity index (χ4n) is 2.17. The second-order valence-corrected chi connectivity index (χ2v) is 6.65. The number of amides is 2. The number of carboxylic acids is 1. The van der Waals surface area contributed by atoms with Crippen LogP contribution in [0.3, 0.4) is 0 Å². The van der Waals surface area contributed by atoms with E-state index in [9.17, 15) is 14.4 Å². The molecule has 0 spiro atoms. The van der Waals surface area contributed by atoms with Crippen molar-refractivity contribution in [1.82, 2.24) is 5.32 Å². The average molecular weight is 391 g/mol. The molecular formula is C17H11ClN2O5S. The molecule has 0 aliphatic carbocycles. The van der Waals surface area contributed by atoms with Crippen molar-refractivity contribution in [3.05, 3.63) is 51.6 Å². The molecule has 3 rings (SSSR count). The molecule has 2 heterocycles. The molecule has 1 aliphatic rings. The van der Waals surface area contributed by atoms with E-state index in [4.69, 9.17) is 21.1 Å². The number of nitrogens with one attached hydrogen (secondary N) is 1. The van der Waals surface area contributed by atoms with Crippen molar-refractivity contribution in [2.45, 2.75) is 6.92 Å². The van der Waals surface area contributed by atoms with Crippen molar-refractivity contribution in [2.24, 2.45) is 4.99 Å². The summed E-state index contributed by atoms with van der Waals surface area (Å²) < 4.78 is 5.65. The Balaban J connectivity index is 1.83. The molecule has 1 aromatic heterocycles. The van der Waals surface area contributed by atoms with E-state index < -0.39 is 11.9 Å². The maximum Gasteiger partial charge on any atom is 0.337 e. The number of furan rings is 1. The van der Waals surface area contributed by atoms with Gasteiger partial charge in [0.25, 0.3) is 5.91 Å². The molecule has 2 aromatic rings. The first kappa shape index (κ1) is 18.0. The maximum absolute atomic E-state index is 11.9. The van der Waals surface area contributed by atoms with Crippen LogP contribution in [-0.2, 0) is 9.59 Å². The lowest BCUT2D eigenvalue weighted by Crippen LogP contribution is -2.23. The highest BCUT2D eigenvalue weighted by Gasteiger charge is 2.23. The highest BCUT2D eigenvalue weighted by molar-refractivity contribution is 8.18. The number of carbonyl (C=O) groups excluding carboxylic acids is 2. The third-order valence-electron chi connectivity index (χ3n) is 3.28. The van der Waals surface area contributed by atoms with Gasteiger partial charge in [-0.25, -0.2) is 4.79 Å². The SMILES string of the molecule is CC(=O)NC1=NC(=O)/C(=C\c2ccc(-c3ccc(Cl)c(C(=O)O)c3)o2)S1. The van der Waals surface area contributed by atoms with Crippen LogP contribution < -0.4 is 5.32 Å². The number of hydrogen-bond donors (Lipinski definition) is 2. The number of amidine groups is 1. The van der Waals surface area contributed by atoms with Gasteiger partial charge in [-0.15, -0.1) is 0 Å². The van der Waals surface area contributed by atoms with Gasteiger partial charge in [-0.05, 0) is 42.1 Å². The van der Waals surface area contributed by atoms with Crippen molar-refractivity contribution >= 4 is 52.4 Å². The monoisotopic (exact) mass is 390 g/mol. The molecule has 0 unspecified atom stereocenters. The molecule has 0 atom stereocenters. The van der Waals surface area contributed by atoms with Crippen LogP contribution in [-0.4, -0.2) is 28.1 Å². The van der Waals surface area contributed by atoms with Crippen LogP contribution in [0.2, 0.25) is 5.02 Å². The molecule has 132 valence electrons. The topological polar surface area (TPSA) is 109 Å². The summed E-state index contributed by atoms with van der Waals surface area (Å²) in [5.74, 6) is -1.11. The number of halogens is 1. The van der Waals surface area contributed by atoms with Gasteiger partial charge >= 0.3 is 5.97 Å². The standard InChI is InChI=1S/C17H11ClN2O5S/c1-8(21)19-17-20-15(22)14(26-17)7-10-3-5-13(25-10)9-2-4-12(18)11(6-9)16(23)24/h2-7H,1H3,(H,23,24)(H,19,20,21,22)/b14-7+. The van der Waals surface area contributed by atoms with Gasteiger partial charge in [-0.1, -0.05) is 11.6 Å². The molecule has 0 saturated heterocycles. The van der Waals surface area contributed by atoms with Gasteiger partial charge in [0.2, 0.25) is 5.91 Å². The Morgan fingerprint density at radius 1 is 1.31 bits per heavy atom. The molecule has 2 amide bonds. The lowest BCUT2D eigenvalue weighted by molar-refractivity contribution is -0.117. The Morgan fingerprint density at radius 3 is 2.77 bits per heavy atom. The van der Waals surface area contributed by atoms with Gasteiger partial charge in [0.15, 0.2) is 5.17 Å². The van der Waals surface area contributed by atoms with Gasteiger partial charge in [0.1, 0.15) is 11.5 Å². The number of carbonyl (C=O) groups is 3. The van der Waals surface area contributed by atoms with Gasteiger partial charge in [0, 0.05) is 18.6 Å². The van der Waals surface area contributed by atoms with Crippen LogP contribution in [0.15, 0.2) is 44.6 Å². The number of hydrogen-bond acceptors (Lipinski definition) is 5. The minimum absolute atomic E-state index is 0.0321. The van der Waals surface area contributed by atoms with Crippen molar-refractivity contribution in [3.8, 4) is 11.3 Å². The van der Waals surface area contributed by atoms with Crippen molar-refractivity contribution < 1.29 is 23.9 Å². The molecule has 1 aromatic carbocycles. The predicted molar refractivity (Wildman–Crippen MR) is 97.9 cm³/mol. The molecule has 26 heavy (non-hydrogen) atoms. The van der Waals surface area contributed by atoms with Crippen LogP contribution in [0, 0.1) is 0 Å². The summed E-state index contributed by atoms with van der Waals surface area (Å²) in [5.41, 5.74) is 0.507. The van der Waals surface area contributed by atoms with E-state index in [1.165, 1.54) is 25.1 Å². The molecule has 0 radical (unpaired) electrons. The van der Waals surface area contributed by atoms with Crippen LogP contribution in [0.25, 0.3) is 17.4 Å². The summed E-state index contributed by atoms with van der Waals surface area (Å²) in [4.78, 5) is 38.1. The highest BCUT2D eigenvalue weighted by Crippen LogP contribution is 2.31. The summed E-state index contributed by atoms with van der Waals surface area (Å²) in [6.45, 7) is 1.32. The van der Waals surface area contributed by atoms with Crippen LogP contribution >= 0.6 is 23.4 Å². The number of carboxylic acid groups (broad SMARTS) is 1. The zero-order valence-corrected chi connectivity index (χ0v) is 14.9. The Kier molecular flexibility index (Phi) is 4.97. The molecule has 1 aliphatic heterocycles. The Bertz CT molecular complexity index is 993. The Labute approximate surface area is 156 Å². The van der Waals surface area contributed by atoms with E-state index in [0.29, 0.717) is 22.0 Å². The summed E-state index contributed by atoms with van der Waals surface area (Å²) in [6.07, 6.45) is 1.50. The first-order valence-electron chi connectivity index (χ1n) is 7.26. The maximum atomic E-state index is 11.9. The first-order chi connectivity index (χ1) is 12.3. The molecular weight excluding hydrogens is 380 g/mol. The lowest BCUT2D eigenvalue weighted by atomic mass is 10.1. The third kappa shape index (κ3) is 3.87. The number of benzene rings is 1. The number of thioether (sulfide) groups is 1. The largest absolute Gasteiger partial charge is 0.478 e. The molecule has 0 saturated carbocycles.